The van der Waals surface area contributed by atoms with E-state index in [1.54, 1.807) is 0 Å². The molecule has 2 aromatic rings. The summed E-state index contributed by atoms with van der Waals surface area (Å²) in [6, 6.07) is 4.39. The summed E-state index contributed by atoms with van der Waals surface area (Å²) in [5.74, 6) is 2.04. The van der Waals surface area contributed by atoms with Gasteiger partial charge in [0, 0.05) is 63.5 Å². The first-order chi connectivity index (χ1) is 14.5. The van der Waals surface area contributed by atoms with Gasteiger partial charge in [0.05, 0.1) is 5.69 Å². The lowest BCUT2D eigenvalue weighted by molar-refractivity contribution is 0.172. The van der Waals surface area contributed by atoms with Crippen molar-refractivity contribution in [1.29, 1.82) is 0 Å². The van der Waals surface area contributed by atoms with E-state index < -0.39 is 0 Å². The Hall–Kier alpha value is -1.86. The Balaban J connectivity index is 1.60. The average Bonchev–Trinajstić information content (AvgIpc) is 3.34. The summed E-state index contributed by atoms with van der Waals surface area (Å²) in [5.41, 5.74) is 2.46. The quantitative estimate of drug-likeness (QED) is 0.509. The number of piperidine rings is 1. The van der Waals surface area contributed by atoms with Gasteiger partial charge in [0.15, 0.2) is 5.96 Å². The fourth-order valence-corrected chi connectivity index (χ4v) is 4.99. The smallest absolute Gasteiger partial charge is 0.193 e. The lowest BCUT2D eigenvalue weighted by Gasteiger charge is -2.32. The maximum absolute atomic E-state index is 5.03. The molecule has 30 heavy (non-hydrogen) atoms. The van der Waals surface area contributed by atoms with Crippen molar-refractivity contribution in [3.63, 3.8) is 0 Å². The molecule has 166 valence electrons. The van der Waals surface area contributed by atoms with Gasteiger partial charge in [0.25, 0.3) is 0 Å². The topological polar surface area (TPSA) is 48.7 Å². The molecule has 0 spiro atoms. The van der Waals surface area contributed by atoms with E-state index in [0.29, 0.717) is 11.8 Å². The van der Waals surface area contributed by atoms with Crippen molar-refractivity contribution in [2.75, 3.05) is 33.2 Å². The fourth-order valence-electron chi connectivity index (χ4n) is 4.25. The number of aryl methyl sites for hydroxylation is 1. The van der Waals surface area contributed by atoms with Gasteiger partial charge in [-0.15, -0.1) is 11.3 Å². The fraction of sp³-hybridized carbons (Fsp3) is 0.652. The van der Waals surface area contributed by atoms with Gasteiger partial charge in [-0.1, -0.05) is 19.9 Å². The number of nitrogens with one attached hydrogen (secondary N) is 1. The van der Waals surface area contributed by atoms with Gasteiger partial charge in [0.1, 0.15) is 0 Å². The van der Waals surface area contributed by atoms with E-state index in [2.05, 4.69) is 71.7 Å². The van der Waals surface area contributed by atoms with Crippen LogP contribution < -0.4 is 5.32 Å². The third-order valence-corrected chi connectivity index (χ3v) is 6.51. The second-order valence-corrected chi connectivity index (χ2v) is 9.77. The van der Waals surface area contributed by atoms with E-state index in [1.165, 1.54) is 35.5 Å². The van der Waals surface area contributed by atoms with Crippen LogP contribution in [0.5, 0.6) is 0 Å². The molecule has 1 N–H and O–H groups in total. The van der Waals surface area contributed by atoms with E-state index in [-0.39, 0.29) is 0 Å². The van der Waals surface area contributed by atoms with Gasteiger partial charge < -0.3 is 10.2 Å². The van der Waals surface area contributed by atoms with Gasteiger partial charge in [0.2, 0.25) is 0 Å². The minimum absolute atomic E-state index is 0.422. The molecule has 3 heterocycles. The Morgan fingerprint density at radius 2 is 2.27 bits per heavy atom. The SMILES string of the molecule is CCNC(=NCC1CCCN(Cc2cccs2)C1)N(C)Cc1cn(C)nc1C(C)C. The molecular formula is C23H38N6S. The van der Waals surface area contributed by atoms with Crippen molar-refractivity contribution in [1.82, 2.24) is 24.9 Å². The first kappa shape index (κ1) is 22.8. The van der Waals surface area contributed by atoms with E-state index >= 15 is 0 Å². The summed E-state index contributed by atoms with van der Waals surface area (Å²) < 4.78 is 1.92. The predicted molar refractivity (Wildman–Crippen MR) is 127 cm³/mol. The molecule has 1 aliphatic rings. The number of aromatic nitrogens is 2. The third-order valence-electron chi connectivity index (χ3n) is 5.65. The van der Waals surface area contributed by atoms with Gasteiger partial charge in [-0.3, -0.25) is 14.6 Å². The minimum atomic E-state index is 0.422. The molecule has 0 aliphatic carbocycles. The molecule has 1 fully saturated rings. The Morgan fingerprint density at radius 3 is 2.97 bits per heavy atom. The third kappa shape index (κ3) is 6.32. The summed E-state index contributed by atoms with van der Waals surface area (Å²) in [6.07, 6.45) is 4.68. The van der Waals surface area contributed by atoms with Crippen LogP contribution in [0.15, 0.2) is 28.7 Å². The molecule has 0 bridgehead atoms. The van der Waals surface area contributed by atoms with E-state index in [0.717, 1.165) is 38.7 Å². The van der Waals surface area contributed by atoms with Crippen LogP contribution in [0, 0.1) is 5.92 Å². The number of likely N-dealkylation sites (tertiary alicyclic amines) is 1. The van der Waals surface area contributed by atoms with Crippen molar-refractivity contribution < 1.29 is 0 Å². The van der Waals surface area contributed by atoms with Crippen molar-refractivity contribution in [3.05, 3.63) is 39.8 Å². The van der Waals surface area contributed by atoms with Crippen molar-refractivity contribution in [3.8, 4) is 0 Å². The lowest BCUT2D eigenvalue weighted by Crippen LogP contribution is -2.40. The van der Waals surface area contributed by atoms with Crippen LogP contribution >= 0.6 is 11.3 Å². The summed E-state index contributed by atoms with van der Waals surface area (Å²) in [4.78, 5) is 11.3. The Kier molecular flexibility index (Phi) is 8.33. The largest absolute Gasteiger partial charge is 0.357 e. The highest BCUT2D eigenvalue weighted by atomic mass is 32.1. The zero-order chi connectivity index (χ0) is 21.5. The summed E-state index contributed by atoms with van der Waals surface area (Å²) in [5, 5.41) is 10.3. The van der Waals surface area contributed by atoms with Crippen LogP contribution in [0.4, 0.5) is 0 Å². The van der Waals surface area contributed by atoms with Crippen LogP contribution in [-0.2, 0) is 20.1 Å². The molecule has 0 amide bonds. The monoisotopic (exact) mass is 430 g/mol. The highest BCUT2D eigenvalue weighted by Gasteiger charge is 2.21. The molecule has 7 heteroatoms. The van der Waals surface area contributed by atoms with Crippen LogP contribution in [0.25, 0.3) is 0 Å². The molecule has 1 unspecified atom stereocenters. The molecule has 6 nitrogen and oxygen atoms in total. The standard InChI is InChI=1S/C23H38N6S/c1-6-24-23(27(4)15-20-16-28(5)26-22(20)18(2)3)25-13-19-9-7-11-29(14-19)17-21-10-8-12-30-21/h8,10,12,16,18-19H,6-7,9,11,13-15,17H2,1-5H3,(H,24,25). The van der Waals surface area contributed by atoms with Gasteiger partial charge >= 0.3 is 0 Å². The van der Waals surface area contributed by atoms with Crippen molar-refractivity contribution in [2.24, 2.45) is 18.0 Å². The summed E-state index contributed by atoms with van der Waals surface area (Å²) in [7, 11) is 4.13. The highest BCUT2D eigenvalue weighted by Crippen LogP contribution is 2.21. The predicted octanol–water partition coefficient (Wildman–Crippen LogP) is 3.91. The summed E-state index contributed by atoms with van der Waals surface area (Å²) >= 11 is 1.86. The molecule has 0 radical (unpaired) electrons. The molecule has 1 aliphatic heterocycles. The van der Waals surface area contributed by atoms with Crippen molar-refractivity contribution >= 4 is 17.3 Å². The maximum atomic E-state index is 5.03. The number of thiophene rings is 1. The zero-order valence-corrected chi connectivity index (χ0v) is 20.1. The van der Waals surface area contributed by atoms with Gasteiger partial charge in [-0.2, -0.15) is 5.10 Å². The number of aliphatic imine (C=N–C) groups is 1. The molecule has 1 atom stereocenters. The second-order valence-electron chi connectivity index (χ2n) is 8.74. The molecule has 2 aromatic heterocycles. The summed E-state index contributed by atoms with van der Waals surface area (Å²) in [6.45, 7) is 12.6. The Labute approximate surface area is 186 Å². The number of rotatable bonds is 8. The normalized spacial score (nSPS) is 18.2. The number of nitrogens with zero attached hydrogens (tertiary/aromatic N) is 5. The van der Waals surface area contributed by atoms with E-state index in [1.807, 2.05) is 23.1 Å². The zero-order valence-electron chi connectivity index (χ0n) is 19.3. The highest BCUT2D eigenvalue weighted by molar-refractivity contribution is 7.09. The number of guanidine groups is 1. The first-order valence-electron chi connectivity index (χ1n) is 11.2. The molecule has 0 aromatic carbocycles. The number of hydrogen-bond donors (Lipinski definition) is 1. The molecule has 0 saturated carbocycles. The minimum Gasteiger partial charge on any atom is -0.357 e. The van der Waals surface area contributed by atoms with Crippen LogP contribution in [0.2, 0.25) is 0 Å². The van der Waals surface area contributed by atoms with Crippen molar-refractivity contribution in [2.45, 2.75) is 52.6 Å². The number of hydrogen-bond acceptors (Lipinski definition) is 4. The van der Waals surface area contributed by atoms with Gasteiger partial charge in [-0.25, -0.2) is 0 Å². The second kappa shape index (κ2) is 11.0. The van der Waals surface area contributed by atoms with Gasteiger partial charge in [-0.05, 0) is 49.6 Å². The van der Waals surface area contributed by atoms with Crippen LogP contribution in [-0.4, -0.2) is 58.8 Å². The molecule has 3 rings (SSSR count). The lowest BCUT2D eigenvalue weighted by atomic mass is 9.98. The van der Waals surface area contributed by atoms with Crippen LogP contribution in [0.3, 0.4) is 0 Å². The molecular weight excluding hydrogens is 392 g/mol. The Bertz CT molecular complexity index is 795. The Morgan fingerprint density at radius 1 is 1.43 bits per heavy atom. The first-order valence-corrected chi connectivity index (χ1v) is 12.1. The molecule has 1 saturated heterocycles. The maximum Gasteiger partial charge on any atom is 0.193 e. The van der Waals surface area contributed by atoms with E-state index in [9.17, 15) is 0 Å². The van der Waals surface area contributed by atoms with Crippen LogP contribution in [0.1, 0.15) is 55.7 Å². The van der Waals surface area contributed by atoms with E-state index in [4.69, 9.17) is 4.99 Å². The average molecular weight is 431 g/mol.